The predicted molar refractivity (Wildman–Crippen MR) is 113 cm³/mol. The Hall–Kier alpha value is -3.17. The van der Waals surface area contributed by atoms with Crippen molar-refractivity contribution in [1.82, 2.24) is 15.0 Å². The maximum atomic E-state index is 12.5. The van der Waals surface area contributed by atoms with Crippen LogP contribution < -0.4 is 10.1 Å². The first-order valence-electron chi connectivity index (χ1n) is 8.59. The molecule has 0 aliphatic rings. The monoisotopic (exact) mass is 424 g/mol. The summed E-state index contributed by atoms with van der Waals surface area (Å²) in [6.07, 6.45) is 1.39. The lowest BCUT2D eigenvalue weighted by molar-refractivity contribution is 0.101. The maximum absolute atomic E-state index is 12.5. The van der Waals surface area contributed by atoms with Crippen LogP contribution in [0.3, 0.4) is 0 Å². The van der Waals surface area contributed by atoms with Gasteiger partial charge in [-0.05, 0) is 30.7 Å². The van der Waals surface area contributed by atoms with Crippen LogP contribution in [0.15, 0.2) is 58.6 Å². The third-order valence-electron chi connectivity index (χ3n) is 4.08. The fraction of sp³-hybridized carbons (Fsp3) is 0.100. The van der Waals surface area contributed by atoms with Crippen LogP contribution in [0.5, 0.6) is 11.5 Å². The third-order valence-corrected chi connectivity index (χ3v) is 6.08. The molecule has 0 saturated heterocycles. The van der Waals surface area contributed by atoms with Gasteiger partial charge in [0, 0.05) is 17.2 Å². The Kier molecular flexibility index (Phi) is 5.32. The van der Waals surface area contributed by atoms with E-state index in [0.717, 1.165) is 9.92 Å². The summed E-state index contributed by atoms with van der Waals surface area (Å²) >= 11 is 2.84. The van der Waals surface area contributed by atoms with Crippen molar-refractivity contribution < 1.29 is 14.6 Å². The number of benzene rings is 1. The molecule has 2 N–H and O–H groups in total. The van der Waals surface area contributed by atoms with Crippen LogP contribution in [-0.4, -0.2) is 33.1 Å². The molecule has 0 bridgehead atoms. The first kappa shape index (κ1) is 19.2. The van der Waals surface area contributed by atoms with Gasteiger partial charge in [-0.15, -0.1) is 0 Å². The van der Waals surface area contributed by atoms with Crippen molar-refractivity contribution in [3.05, 3.63) is 59.9 Å². The molecule has 0 saturated carbocycles. The molecule has 4 aromatic rings. The van der Waals surface area contributed by atoms with Crippen molar-refractivity contribution in [2.75, 3.05) is 12.4 Å². The fourth-order valence-electron chi connectivity index (χ4n) is 2.62. The zero-order valence-electron chi connectivity index (χ0n) is 15.5. The third kappa shape index (κ3) is 4.01. The number of anilines is 1. The Morgan fingerprint density at radius 1 is 1.17 bits per heavy atom. The number of amides is 1. The molecule has 3 aromatic heterocycles. The summed E-state index contributed by atoms with van der Waals surface area (Å²) in [5.74, 6) is -0.715. The Balaban J connectivity index is 1.56. The lowest BCUT2D eigenvalue weighted by atomic mass is 10.2. The zero-order valence-corrected chi connectivity index (χ0v) is 17.2. The largest absolute Gasteiger partial charge is 0.503 e. The highest BCUT2D eigenvalue weighted by Crippen LogP contribution is 2.33. The highest BCUT2D eigenvalue weighted by atomic mass is 32.2. The molecule has 0 spiro atoms. The van der Waals surface area contributed by atoms with Gasteiger partial charge in [-0.2, -0.15) is 0 Å². The molecule has 0 atom stereocenters. The molecule has 1 amide bonds. The number of methoxy groups -OCH3 is 1. The number of nitrogens with one attached hydrogen (secondary N) is 1. The average molecular weight is 425 g/mol. The van der Waals surface area contributed by atoms with E-state index in [0.29, 0.717) is 15.5 Å². The summed E-state index contributed by atoms with van der Waals surface area (Å²) in [7, 11) is 1.41. The van der Waals surface area contributed by atoms with Gasteiger partial charge >= 0.3 is 0 Å². The second-order valence-electron chi connectivity index (χ2n) is 6.02. The fourth-order valence-corrected chi connectivity index (χ4v) is 4.38. The van der Waals surface area contributed by atoms with E-state index in [9.17, 15) is 9.90 Å². The minimum absolute atomic E-state index is 0.132. The van der Waals surface area contributed by atoms with Crippen molar-refractivity contribution >= 4 is 44.5 Å². The molecule has 0 radical (unpaired) electrons. The number of aryl methyl sites for hydroxylation is 1. The number of fused-ring (bicyclic) bond motifs is 1. The smallest absolute Gasteiger partial charge is 0.280 e. The zero-order chi connectivity index (χ0) is 20.4. The molecule has 0 unspecified atom stereocenters. The van der Waals surface area contributed by atoms with E-state index >= 15 is 0 Å². The first-order chi connectivity index (χ1) is 14.0. The van der Waals surface area contributed by atoms with Crippen LogP contribution in [-0.2, 0) is 0 Å². The van der Waals surface area contributed by atoms with E-state index in [2.05, 4.69) is 39.3 Å². The number of aromatic hydroxyl groups is 1. The van der Waals surface area contributed by atoms with Gasteiger partial charge in [-0.3, -0.25) is 10.1 Å². The summed E-state index contributed by atoms with van der Waals surface area (Å²) in [5, 5.41) is 14.0. The Morgan fingerprint density at radius 3 is 2.79 bits per heavy atom. The Labute approximate surface area is 174 Å². The van der Waals surface area contributed by atoms with Gasteiger partial charge in [0.1, 0.15) is 15.4 Å². The van der Waals surface area contributed by atoms with Crippen molar-refractivity contribution in [1.29, 1.82) is 0 Å². The van der Waals surface area contributed by atoms with E-state index in [4.69, 9.17) is 4.74 Å². The van der Waals surface area contributed by atoms with Crippen LogP contribution in [0.25, 0.3) is 10.3 Å². The normalized spacial score (nSPS) is 10.8. The van der Waals surface area contributed by atoms with Crippen LogP contribution in [0, 0.1) is 6.92 Å². The minimum atomic E-state index is -0.574. The molecular formula is C20H16N4O3S2. The quantitative estimate of drug-likeness (QED) is 0.486. The van der Waals surface area contributed by atoms with Gasteiger partial charge in [-0.25, -0.2) is 15.0 Å². The van der Waals surface area contributed by atoms with E-state index in [1.165, 1.54) is 36.3 Å². The van der Waals surface area contributed by atoms with E-state index < -0.39 is 5.91 Å². The number of hydrogen-bond donors (Lipinski definition) is 2. The molecule has 1 aromatic carbocycles. The van der Waals surface area contributed by atoms with Gasteiger partial charge in [-0.1, -0.05) is 41.3 Å². The van der Waals surface area contributed by atoms with Crippen LogP contribution in [0.2, 0.25) is 0 Å². The van der Waals surface area contributed by atoms with Crippen molar-refractivity contribution in [2.24, 2.45) is 0 Å². The molecule has 0 aliphatic heterocycles. The molecule has 3 heterocycles. The Morgan fingerprint density at radius 2 is 2.00 bits per heavy atom. The number of carbonyl (C=O) groups is 1. The molecule has 7 nitrogen and oxygen atoms in total. The van der Waals surface area contributed by atoms with Crippen molar-refractivity contribution in [2.45, 2.75) is 16.8 Å². The highest BCUT2D eigenvalue weighted by molar-refractivity contribution is 7.99. The number of pyridine rings is 2. The summed E-state index contributed by atoms with van der Waals surface area (Å²) in [4.78, 5) is 27.3. The number of thiazole rings is 1. The molecule has 4 rings (SSSR count). The number of hydrogen-bond acceptors (Lipinski definition) is 8. The van der Waals surface area contributed by atoms with Crippen LogP contribution >= 0.6 is 23.1 Å². The predicted octanol–water partition coefficient (Wildman–Crippen LogP) is 4.51. The summed E-state index contributed by atoms with van der Waals surface area (Å²) in [6, 6.07) is 13.4. The SMILES string of the molecule is COc1ccnc(C(=O)Nc2nc3ccc(Sc4ccccc4C)nc3s2)c1O. The Bertz CT molecular complexity index is 1210. The van der Waals surface area contributed by atoms with Gasteiger partial charge < -0.3 is 9.84 Å². The summed E-state index contributed by atoms with van der Waals surface area (Å²) in [6.45, 7) is 2.06. The van der Waals surface area contributed by atoms with Gasteiger partial charge in [0.25, 0.3) is 5.91 Å². The second kappa shape index (κ2) is 8.06. The number of rotatable bonds is 5. The van der Waals surface area contributed by atoms with Gasteiger partial charge in [0.15, 0.2) is 22.3 Å². The lowest BCUT2D eigenvalue weighted by Gasteiger charge is -2.06. The first-order valence-corrected chi connectivity index (χ1v) is 10.2. The van der Waals surface area contributed by atoms with E-state index in [1.54, 1.807) is 11.8 Å². The molecule has 0 aliphatic carbocycles. The molecular weight excluding hydrogens is 408 g/mol. The van der Waals surface area contributed by atoms with Gasteiger partial charge in [0.05, 0.1) is 7.11 Å². The standard InChI is InChI=1S/C20H16N4O3S2/c1-11-5-3-4-6-14(11)28-15-8-7-12-19(23-15)29-20(22-12)24-18(26)16-17(25)13(27-2)9-10-21-16/h3-10,25H,1-2H3,(H,22,24,26). The molecule has 9 heteroatoms. The molecule has 146 valence electrons. The number of nitrogens with zero attached hydrogens (tertiary/aromatic N) is 3. The molecule has 29 heavy (non-hydrogen) atoms. The van der Waals surface area contributed by atoms with E-state index in [1.807, 2.05) is 24.3 Å². The topological polar surface area (TPSA) is 97.2 Å². The van der Waals surface area contributed by atoms with Crippen LogP contribution in [0.1, 0.15) is 16.1 Å². The number of carbonyl (C=O) groups excluding carboxylic acids is 1. The molecule has 0 fully saturated rings. The lowest BCUT2D eigenvalue weighted by Crippen LogP contribution is -2.13. The summed E-state index contributed by atoms with van der Waals surface area (Å²) in [5.41, 5.74) is 1.73. The van der Waals surface area contributed by atoms with Crippen molar-refractivity contribution in [3.63, 3.8) is 0 Å². The maximum Gasteiger partial charge on any atom is 0.280 e. The van der Waals surface area contributed by atoms with Gasteiger partial charge in [0.2, 0.25) is 0 Å². The highest BCUT2D eigenvalue weighted by Gasteiger charge is 2.18. The van der Waals surface area contributed by atoms with E-state index in [-0.39, 0.29) is 17.2 Å². The van der Waals surface area contributed by atoms with Crippen LogP contribution in [0.4, 0.5) is 5.13 Å². The average Bonchev–Trinajstić information content (AvgIpc) is 3.11. The minimum Gasteiger partial charge on any atom is -0.503 e. The number of aromatic nitrogens is 3. The number of ether oxygens (including phenoxy) is 1. The second-order valence-corrected chi connectivity index (χ2v) is 8.06. The van der Waals surface area contributed by atoms with Crippen molar-refractivity contribution in [3.8, 4) is 11.5 Å². The summed E-state index contributed by atoms with van der Waals surface area (Å²) < 4.78 is 5.01.